The average Bonchev–Trinajstić information content (AvgIpc) is 3.14. The van der Waals surface area contributed by atoms with Crippen LogP contribution in [0.3, 0.4) is 0 Å². The normalized spacial score (nSPS) is 14.5. The predicted molar refractivity (Wildman–Crippen MR) is 113 cm³/mol. The van der Waals surface area contributed by atoms with E-state index in [1.54, 1.807) is 50.3 Å². The molecule has 0 unspecified atom stereocenters. The third-order valence-corrected chi connectivity index (χ3v) is 7.53. The van der Waals surface area contributed by atoms with Gasteiger partial charge in [0.15, 0.2) is 5.76 Å². The van der Waals surface area contributed by atoms with Gasteiger partial charge in [0, 0.05) is 10.8 Å². The fraction of sp³-hybridized carbons (Fsp3) is 0.300. The number of carbonyl (C=O) groups is 1. The number of anilines is 1. The van der Waals surface area contributed by atoms with Gasteiger partial charge in [0.1, 0.15) is 27.1 Å². The second-order valence-electron chi connectivity index (χ2n) is 7.10. The largest absolute Gasteiger partial charge is 0.465 e. The Kier molecular flexibility index (Phi) is 5.63. The van der Waals surface area contributed by atoms with Crippen LogP contribution in [0.2, 0.25) is 0 Å². The van der Waals surface area contributed by atoms with Gasteiger partial charge in [0.25, 0.3) is 0 Å². The molecule has 0 spiro atoms. The summed E-state index contributed by atoms with van der Waals surface area (Å²) in [6.07, 6.45) is 5.21. The first-order valence-corrected chi connectivity index (χ1v) is 11.7. The van der Waals surface area contributed by atoms with Crippen molar-refractivity contribution in [3.8, 4) is 0 Å². The molecule has 1 amide bonds. The number of aromatic nitrogens is 1. The van der Waals surface area contributed by atoms with Crippen molar-refractivity contribution in [1.82, 2.24) is 9.88 Å². The minimum absolute atomic E-state index is 0.0294. The molecule has 0 aromatic carbocycles. The zero-order chi connectivity index (χ0) is 21.3. The zero-order valence-corrected chi connectivity index (χ0v) is 18.1. The average molecular weight is 448 g/mol. The van der Waals surface area contributed by atoms with Crippen LogP contribution in [0.5, 0.6) is 0 Å². The molecule has 8 nitrogen and oxygen atoms in total. The maximum Gasteiger partial charge on any atom is 0.250 e. The first-order valence-electron chi connectivity index (χ1n) is 9.42. The van der Waals surface area contributed by atoms with Gasteiger partial charge in [-0.2, -0.15) is 0 Å². The van der Waals surface area contributed by atoms with E-state index in [0.29, 0.717) is 22.9 Å². The van der Waals surface area contributed by atoms with E-state index in [1.165, 1.54) is 0 Å². The molecule has 3 aromatic heterocycles. The molecule has 30 heavy (non-hydrogen) atoms. The number of rotatable bonds is 8. The van der Waals surface area contributed by atoms with Crippen LogP contribution in [-0.2, 0) is 21.4 Å². The van der Waals surface area contributed by atoms with Gasteiger partial charge in [-0.05, 0) is 63.1 Å². The molecule has 3 aromatic rings. The van der Waals surface area contributed by atoms with Gasteiger partial charge in [-0.3, -0.25) is 4.79 Å². The third-order valence-electron chi connectivity index (χ3n) is 4.58. The summed E-state index contributed by atoms with van der Waals surface area (Å²) >= 11 is 1.12. The molecule has 3 heterocycles. The molecule has 0 atom stereocenters. The number of amides is 1. The number of furan rings is 1. The summed E-state index contributed by atoms with van der Waals surface area (Å²) in [5.41, 5.74) is 1.14. The van der Waals surface area contributed by atoms with Crippen molar-refractivity contribution in [3.05, 3.63) is 52.1 Å². The topological polar surface area (TPSA) is 114 Å². The van der Waals surface area contributed by atoms with Gasteiger partial charge in [-0.25, -0.2) is 13.1 Å². The van der Waals surface area contributed by atoms with Crippen molar-refractivity contribution < 1.29 is 22.2 Å². The smallest absolute Gasteiger partial charge is 0.250 e. The Morgan fingerprint density at radius 1 is 1.23 bits per heavy atom. The lowest BCUT2D eigenvalue weighted by Crippen LogP contribution is -2.22. The molecule has 0 bridgehead atoms. The van der Waals surface area contributed by atoms with E-state index in [4.69, 9.17) is 8.94 Å². The molecule has 1 aliphatic rings. The summed E-state index contributed by atoms with van der Waals surface area (Å²) in [4.78, 5) is 12.8. The molecule has 1 aliphatic carbocycles. The zero-order valence-electron chi connectivity index (χ0n) is 16.5. The molecule has 2 N–H and O–H groups in total. The van der Waals surface area contributed by atoms with E-state index in [2.05, 4.69) is 15.2 Å². The van der Waals surface area contributed by atoms with Gasteiger partial charge >= 0.3 is 0 Å². The number of aryl methyl sites for hydroxylation is 2. The SMILES string of the molecule is Cc1ccc(CNS(=O)(=O)c2ccc(C=Cc3onc(C)c3NC(=O)C3CC3)s2)o1. The molecule has 0 aliphatic heterocycles. The van der Waals surface area contributed by atoms with E-state index in [0.717, 1.165) is 34.8 Å². The van der Waals surface area contributed by atoms with Gasteiger partial charge < -0.3 is 14.3 Å². The summed E-state index contributed by atoms with van der Waals surface area (Å²) in [5.74, 6) is 1.74. The number of nitrogens with zero attached hydrogens (tertiary/aromatic N) is 1. The Morgan fingerprint density at radius 2 is 2.03 bits per heavy atom. The fourth-order valence-corrected chi connectivity index (χ4v) is 5.03. The van der Waals surface area contributed by atoms with Gasteiger partial charge in [-0.15, -0.1) is 11.3 Å². The molecule has 1 fully saturated rings. The fourth-order valence-electron chi connectivity index (χ4n) is 2.77. The maximum absolute atomic E-state index is 12.5. The monoisotopic (exact) mass is 447 g/mol. The summed E-state index contributed by atoms with van der Waals surface area (Å²) in [6.45, 7) is 3.64. The van der Waals surface area contributed by atoms with Gasteiger partial charge in [-0.1, -0.05) is 5.16 Å². The van der Waals surface area contributed by atoms with Crippen molar-refractivity contribution in [2.45, 2.75) is 37.4 Å². The summed E-state index contributed by atoms with van der Waals surface area (Å²) in [5, 5.41) is 6.77. The van der Waals surface area contributed by atoms with Crippen LogP contribution in [0.4, 0.5) is 5.69 Å². The highest BCUT2D eigenvalue weighted by Crippen LogP contribution is 2.32. The highest BCUT2D eigenvalue weighted by Gasteiger charge is 2.30. The van der Waals surface area contributed by atoms with Crippen molar-refractivity contribution in [2.75, 3.05) is 5.32 Å². The van der Waals surface area contributed by atoms with Gasteiger partial charge in [0.2, 0.25) is 15.9 Å². The molecule has 0 radical (unpaired) electrons. The van der Waals surface area contributed by atoms with Crippen LogP contribution in [-0.4, -0.2) is 19.5 Å². The highest BCUT2D eigenvalue weighted by atomic mass is 32.2. The number of hydrogen-bond acceptors (Lipinski definition) is 7. The van der Waals surface area contributed by atoms with Crippen LogP contribution in [0.15, 0.2) is 37.4 Å². The number of carbonyl (C=O) groups excluding carboxylic acids is 1. The molecule has 1 saturated carbocycles. The van der Waals surface area contributed by atoms with Crippen molar-refractivity contribution in [3.63, 3.8) is 0 Å². The molecular weight excluding hydrogens is 426 g/mol. The minimum Gasteiger partial charge on any atom is -0.465 e. The molecule has 158 valence electrons. The van der Waals surface area contributed by atoms with Crippen LogP contribution in [0.1, 0.15) is 40.7 Å². The number of sulfonamides is 1. The van der Waals surface area contributed by atoms with Crippen LogP contribution < -0.4 is 10.0 Å². The Hall–Kier alpha value is -2.69. The first-order chi connectivity index (χ1) is 14.3. The minimum atomic E-state index is -3.65. The second kappa shape index (κ2) is 8.21. The van der Waals surface area contributed by atoms with E-state index < -0.39 is 10.0 Å². The lowest BCUT2D eigenvalue weighted by molar-refractivity contribution is -0.117. The second-order valence-corrected chi connectivity index (χ2v) is 10.2. The Balaban J connectivity index is 1.44. The van der Waals surface area contributed by atoms with E-state index in [1.807, 2.05) is 0 Å². The van der Waals surface area contributed by atoms with E-state index in [-0.39, 0.29) is 22.6 Å². The Bertz CT molecular complexity index is 1200. The maximum atomic E-state index is 12.5. The number of thiophene rings is 1. The van der Waals surface area contributed by atoms with Crippen LogP contribution in [0.25, 0.3) is 12.2 Å². The quantitative estimate of drug-likeness (QED) is 0.540. The number of nitrogens with one attached hydrogen (secondary N) is 2. The lowest BCUT2D eigenvalue weighted by Gasteiger charge is -2.02. The van der Waals surface area contributed by atoms with Crippen molar-refractivity contribution >= 4 is 45.1 Å². The Labute approximate surface area is 178 Å². The first kappa shape index (κ1) is 20.6. The third kappa shape index (κ3) is 4.72. The van der Waals surface area contributed by atoms with Crippen LogP contribution >= 0.6 is 11.3 Å². The van der Waals surface area contributed by atoms with Crippen molar-refractivity contribution in [1.29, 1.82) is 0 Å². The molecular formula is C20H21N3O5S2. The Morgan fingerprint density at radius 3 is 2.73 bits per heavy atom. The molecule has 10 heteroatoms. The lowest BCUT2D eigenvalue weighted by atomic mass is 10.2. The van der Waals surface area contributed by atoms with Crippen LogP contribution in [0, 0.1) is 19.8 Å². The number of hydrogen-bond donors (Lipinski definition) is 2. The summed E-state index contributed by atoms with van der Waals surface area (Å²) in [7, 11) is -3.65. The summed E-state index contributed by atoms with van der Waals surface area (Å²) < 4.78 is 38.4. The van der Waals surface area contributed by atoms with E-state index >= 15 is 0 Å². The van der Waals surface area contributed by atoms with E-state index in [9.17, 15) is 13.2 Å². The standard InChI is InChI=1S/C20H21N3O5S2/c1-12-3-6-15(27-12)11-21-30(25,26)18-10-8-16(29-18)7-9-17-19(13(2)23-28-17)22-20(24)14-4-5-14/h3,6-10,14,21H,4-5,11H2,1-2H3,(H,22,24). The molecule has 4 rings (SSSR count). The highest BCUT2D eigenvalue weighted by molar-refractivity contribution is 7.91. The van der Waals surface area contributed by atoms with Gasteiger partial charge in [0.05, 0.1) is 6.54 Å². The predicted octanol–water partition coefficient (Wildman–Crippen LogP) is 3.94. The summed E-state index contributed by atoms with van der Waals surface area (Å²) in [6, 6.07) is 6.77. The molecule has 0 saturated heterocycles. The van der Waals surface area contributed by atoms with Crippen molar-refractivity contribution in [2.24, 2.45) is 5.92 Å².